The maximum atomic E-state index is 15.3. The van der Waals surface area contributed by atoms with Gasteiger partial charge in [0, 0.05) is 49.0 Å². The number of benzene rings is 4. The van der Waals surface area contributed by atoms with Crippen molar-refractivity contribution >= 4 is 22.2 Å². The van der Waals surface area contributed by atoms with E-state index in [0.717, 1.165) is 34.3 Å². The SMILES string of the molecule is COc1cc(CN2C(=O)N(Cc3ccc(OCOCC[Si](C)(C)C)c(OC)c3)N(Cc3ccccc3)C[C@@H](O)[C@H]2Cc2ccc(O)cc2)ccc1OCOCC[Si](C)(C)C. The van der Waals surface area contributed by atoms with Gasteiger partial charge in [0.15, 0.2) is 36.6 Å². The average molecular weight is 860 g/mol. The molecular weight excluding hydrogens is 795 g/mol. The Morgan fingerprint density at radius 2 is 1.15 bits per heavy atom. The third kappa shape index (κ3) is 14.3. The summed E-state index contributed by atoms with van der Waals surface area (Å²) in [5.74, 6) is 2.26. The van der Waals surface area contributed by atoms with Crippen molar-refractivity contribution in [1.29, 1.82) is 0 Å². The number of amides is 2. The van der Waals surface area contributed by atoms with Gasteiger partial charge in [0.25, 0.3) is 0 Å². The molecule has 1 aliphatic rings. The molecule has 0 spiro atoms. The molecule has 1 saturated heterocycles. The van der Waals surface area contributed by atoms with Crippen LogP contribution in [0, 0.1) is 0 Å². The maximum Gasteiger partial charge on any atom is 0.335 e. The summed E-state index contributed by atoms with van der Waals surface area (Å²) in [7, 11) is 0.707. The van der Waals surface area contributed by atoms with E-state index in [1.165, 1.54) is 0 Å². The van der Waals surface area contributed by atoms with Crippen molar-refractivity contribution in [3.63, 3.8) is 0 Å². The molecule has 0 aromatic heterocycles. The number of phenolic OH excluding ortho intramolecular Hbond substituents is 1. The van der Waals surface area contributed by atoms with Gasteiger partial charge in [-0.25, -0.2) is 9.80 Å². The van der Waals surface area contributed by atoms with Crippen LogP contribution in [0.5, 0.6) is 28.7 Å². The molecule has 0 bridgehead atoms. The number of rotatable bonds is 22. The fourth-order valence-corrected chi connectivity index (χ4v) is 8.30. The van der Waals surface area contributed by atoms with E-state index in [2.05, 4.69) is 39.3 Å². The molecule has 2 atom stereocenters. The van der Waals surface area contributed by atoms with Gasteiger partial charge in [-0.2, -0.15) is 0 Å². The van der Waals surface area contributed by atoms with Crippen LogP contribution in [0.25, 0.3) is 0 Å². The van der Waals surface area contributed by atoms with Gasteiger partial charge in [-0.05, 0) is 77.2 Å². The highest BCUT2D eigenvalue weighted by Crippen LogP contribution is 2.33. The van der Waals surface area contributed by atoms with E-state index < -0.39 is 28.3 Å². The third-order valence-corrected chi connectivity index (χ3v) is 13.8. The number of hydrogen-bond donors (Lipinski definition) is 2. The molecule has 1 heterocycles. The largest absolute Gasteiger partial charge is 0.508 e. The second kappa shape index (κ2) is 21.8. The predicted molar refractivity (Wildman–Crippen MR) is 240 cm³/mol. The van der Waals surface area contributed by atoms with E-state index >= 15 is 4.79 Å². The fraction of sp³-hybridized carbons (Fsp3) is 0.457. The smallest absolute Gasteiger partial charge is 0.335 e. The zero-order chi connectivity index (χ0) is 43.3. The van der Waals surface area contributed by atoms with Gasteiger partial charge in [0.1, 0.15) is 5.75 Å². The highest BCUT2D eigenvalue weighted by molar-refractivity contribution is 6.76. The van der Waals surface area contributed by atoms with E-state index in [9.17, 15) is 10.2 Å². The number of aromatic hydroxyl groups is 1. The zero-order valence-electron chi connectivity index (χ0n) is 36.7. The second-order valence-corrected chi connectivity index (χ2v) is 29.0. The molecule has 0 saturated carbocycles. The van der Waals surface area contributed by atoms with Crippen molar-refractivity contribution in [3.8, 4) is 28.7 Å². The van der Waals surface area contributed by atoms with Gasteiger partial charge in [0.05, 0.1) is 32.9 Å². The number of hydrazine groups is 1. The number of ether oxygens (including phenoxy) is 6. The molecule has 12 nitrogen and oxygen atoms in total. The quantitative estimate of drug-likeness (QED) is 0.0452. The summed E-state index contributed by atoms with van der Waals surface area (Å²) in [6.07, 6.45) is -0.590. The first-order valence-electron chi connectivity index (χ1n) is 20.7. The van der Waals surface area contributed by atoms with Crippen molar-refractivity contribution in [2.24, 2.45) is 0 Å². The third-order valence-electron chi connectivity index (χ3n) is 10.4. The number of carbonyl (C=O) groups is 1. The Morgan fingerprint density at radius 1 is 0.633 bits per heavy atom. The summed E-state index contributed by atoms with van der Waals surface area (Å²) < 4.78 is 35.0. The Bertz CT molecular complexity index is 1940. The molecule has 2 N–H and O–H groups in total. The Labute approximate surface area is 358 Å². The number of β-amino-alcohol motifs (C(OH)–C–C–N with tert-alkyl or cyclic N) is 1. The minimum atomic E-state index is -1.24. The number of carbonyl (C=O) groups excluding carboxylic acids is 1. The lowest BCUT2D eigenvalue weighted by atomic mass is 9.98. The predicted octanol–water partition coefficient (Wildman–Crippen LogP) is 8.62. The Morgan fingerprint density at radius 3 is 1.67 bits per heavy atom. The van der Waals surface area contributed by atoms with E-state index in [1.807, 2.05) is 83.9 Å². The van der Waals surface area contributed by atoms with Crippen LogP contribution in [0.15, 0.2) is 91.0 Å². The van der Waals surface area contributed by atoms with Crippen molar-refractivity contribution in [3.05, 3.63) is 113 Å². The van der Waals surface area contributed by atoms with Crippen molar-refractivity contribution in [2.45, 2.75) is 89.6 Å². The van der Waals surface area contributed by atoms with Crippen molar-refractivity contribution < 1.29 is 43.4 Å². The van der Waals surface area contributed by atoms with E-state index in [1.54, 1.807) is 36.3 Å². The number of hydrogen-bond acceptors (Lipinski definition) is 10. The first-order chi connectivity index (χ1) is 28.6. The van der Waals surface area contributed by atoms with Gasteiger partial charge in [-0.15, -0.1) is 0 Å². The number of aliphatic hydroxyl groups excluding tert-OH is 1. The Balaban J connectivity index is 1.45. The van der Waals surface area contributed by atoms with Crippen molar-refractivity contribution in [1.82, 2.24) is 14.9 Å². The van der Waals surface area contributed by atoms with E-state index in [4.69, 9.17) is 28.4 Å². The molecule has 326 valence electrons. The van der Waals surface area contributed by atoms with Crippen LogP contribution in [0.4, 0.5) is 4.79 Å². The van der Waals surface area contributed by atoms with Crippen LogP contribution in [0.2, 0.25) is 51.4 Å². The number of urea groups is 1. The van der Waals surface area contributed by atoms with Crippen molar-refractivity contribution in [2.75, 3.05) is 47.6 Å². The molecule has 14 heteroatoms. The summed E-state index contributed by atoms with van der Waals surface area (Å²) in [5, 5.41) is 25.9. The molecule has 1 fully saturated rings. The second-order valence-electron chi connectivity index (χ2n) is 17.7. The van der Waals surface area contributed by atoms with Crippen LogP contribution in [-0.4, -0.2) is 107 Å². The van der Waals surface area contributed by atoms with Crippen LogP contribution >= 0.6 is 0 Å². The molecular formula is C46H65N3O9Si2. The summed E-state index contributed by atoms with van der Waals surface area (Å²) in [6, 6.07) is 29.2. The Kier molecular flexibility index (Phi) is 16.9. The number of methoxy groups -OCH3 is 2. The van der Waals surface area contributed by atoms with Gasteiger partial charge >= 0.3 is 6.03 Å². The molecule has 4 aromatic carbocycles. The number of phenols is 1. The molecule has 0 unspecified atom stereocenters. The van der Waals surface area contributed by atoms with Gasteiger partial charge in [-0.1, -0.05) is 93.9 Å². The lowest BCUT2D eigenvalue weighted by Gasteiger charge is -2.36. The van der Waals surface area contributed by atoms with Crippen LogP contribution in [0.3, 0.4) is 0 Å². The fourth-order valence-electron chi connectivity index (χ4n) is 6.79. The minimum absolute atomic E-state index is 0.0995. The molecule has 4 aromatic rings. The summed E-state index contributed by atoms with van der Waals surface area (Å²) in [5.41, 5.74) is 3.47. The normalized spacial score (nSPS) is 16.4. The molecule has 5 rings (SSSR count). The molecule has 2 amide bonds. The highest BCUT2D eigenvalue weighted by Gasteiger charge is 2.40. The first-order valence-corrected chi connectivity index (χ1v) is 28.1. The van der Waals surface area contributed by atoms with Crippen LogP contribution in [-0.2, 0) is 35.5 Å². The molecule has 60 heavy (non-hydrogen) atoms. The molecule has 0 aliphatic carbocycles. The summed E-state index contributed by atoms with van der Waals surface area (Å²) in [6.45, 7) is 16.3. The average Bonchev–Trinajstić information content (AvgIpc) is 3.28. The first kappa shape index (κ1) is 46.5. The lowest BCUT2D eigenvalue weighted by molar-refractivity contribution is -0.0213. The molecule has 1 aliphatic heterocycles. The summed E-state index contributed by atoms with van der Waals surface area (Å²) >= 11 is 0. The lowest BCUT2D eigenvalue weighted by Crippen LogP contribution is -2.51. The number of aliphatic hydroxyl groups is 1. The van der Waals surface area contributed by atoms with Gasteiger partial charge in [0.2, 0.25) is 0 Å². The summed E-state index contributed by atoms with van der Waals surface area (Å²) in [4.78, 5) is 17.0. The topological polar surface area (TPSA) is 123 Å². The van der Waals surface area contributed by atoms with E-state index in [0.29, 0.717) is 49.2 Å². The highest BCUT2D eigenvalue weighted by atomic mass is 28.3. The van der Waals surface area contributed by atoms with Crippen LogP contribution in [0.1, 0.15) is 22.3 Å². The van der Waals surface area contributed by atoms with Crippen LogP contribution < -0.4 is 18.9 Å². The zero-order valence-corrected chi connectivity index (χ0v) is 38.7. The minimum Gasteiger partial charge on any atom is -0.508 e. The Hall–Kier alpha value is -4.58. The number of nitrogens with zero attached hydrogens (tertiary/aromatic N) is 3. The van der Waals surface area contributed by atoms with Gasteiger partial charge < -0.3 is 43.5 Å². The monoisotopic (exact) mass is 859 g/mol. The van der Waals surface area contributed by atoms with E-state index in [-0.39, 0.29) is 45.0 Å². The maximum absolute atomic E-state index is 15.3. The molecule has 0 radical (unpaired) electrons. The standard InChI is InChI=1S/C46H65N3O9Si2/c1-53-44-27-37(16-20-42(44)57-33-55-22-24-59(3,4)5)30-48-40(26-35-14-18-39(50)19-15-35)41(51)32-47(29-36-12-10-9-11-13-36)49(46(48)52)31-38-17-21-43(45(28-38)54-2)58-34-56-23-25-60(6,7)8/h9-21,27-28,40-41,50-51H,22-26,29-34H2,1-8H3/t40-,41-/m1/s1. The van der Waals surface area contributed by atoms with Gasteiger partial charge in [-0.3, -0.25) is 5.01 Å².